The predicted octanol–water partition coefficient (Wildman–Crippen LogP) is 3.50. The summed E-state index contributed by atoms with van der Waals surface area (Å²) in [6, 6.07) is 8.24. The van der Waals surface area contributed by atoms with E-state index in [0.29, 0.717) is 0 Å². The van der Waals surface area contributed by atoms with Gasteiger partial charge < -0.3 is 9.84 Å². The van der Waals surface area contributed by atoms with Crippen LogP contribution in [-0.4, -0.2) is 19.8 Å². The van der Waals surface area contributed by atoms with E-state index < -0.39 is 8.07 Å². The highest BCUT2D eigenvalue weighted by Gasteiger charge is 2.11. The number of phenolic OH excluding ortho intramolecular Hbond substituents is 1. The monoisotopic (exact) mass is 224 g/mol. The Morgan fingerprint density at radius 1 is 1.27 bits per heavy atom. The van der Waals surface area contributed by atoms with Crippen LogP contribution in [0, 0.1) is 0 Å². The average Bonchev–Trinajstić information content (AvgIpc) is 2.11. The number of hydrogen-bond acceptors (Lipinski definition) is 2. The molecule has 0 saturated heterocycles. The van der Waals surface area contributed by atoms with Gasteiger partial charge in [-0.15, -0.1) is 0 Å². The lowest BCUT2D eigenvalue weighted by molar-refractivity contribution is 0.315. The lowest BCUT2D eigenvalue weighted by Gasteiger charge is -2.15. The molecular weight excluding hydrogens is 204 g/mol. The lowest BCUT2D eigenvalue weighted by Crippen LogP contribution is -2.19. The van der Waals surface area contributed by atoms with Crippen LogP contribution in [-0.2, 0) is 0 Å². The first-order valence-corrected chi connectivity index (χ1v) is 9.10. The van der Waals surface area contributed by atoms with Gasteiger partial charge >= 0.3 is 0 Å². The van der Waals surface area contributed by atoms with E-state index in [4.69, 9.17) is 4.74 Å². The molecule has 84 valence electrons. The fourth-order valence-electron chi connectivity index (χ4n) is 1.37. The van der Waals surface area contributed by atoms with Gasteiger partial charge in [-0.3, -0.25) is 0 Å². The minimum Gasteiger partial charge on any atom is -0.508 e. The van der Waals surface area contributed by atoms with E-state index in [0.717, 1.165) is 18.8 Å². The summed E-state index contributed by atoms with van der Waals surface area (Å²) < 4.78 is 5.54. The lowest BCUT2D eigenvalue weighted by atomic mass is 10.3. The van der Waals surface area contributed by atoms with Crippen LogP contribution in [0.2, 0.25) is 25.7 Å². The Morgan fingerprint density at radius 3 is 2.60 bits per heavy atom. The van der Waals surface area contributed by atoms with Gasteiger partial charge in [0.05, 0.1) is 6.61 Å². The molecule has 0 aliphatic heterocycles. The van der Waals surface area contributed by atoms with Gasteiger partial charge in [-0.2, -0.15) is 0 Å². The van der Waals surface area contributed by atoms with Crippen LogP contribution in [0.15, 0.2) is 24.3 Å². The molecule has 0 amide bonds. The van der Waals surface area contributed by atoms with Gasteiger partial charge in [0.1, 0.15) is 11.5 Å². The normalized spacial score (nSPS) is 11.4. The Balaban J connectivity index is 2.26. The van der Waals surface area contributed by atoms with E-state index in [1.54, 1.807) is 18.2 Å². The summed E-state index contributed by atoms with van der Waals surface area (Å²) in [4.78, 5) is 0. The first-order valence-electron chi connectivity index (χ1n) is 5.39. The summed E-state index contributed by atoms with van der Waals surface area (Å²) in [5.41, 5.74) is 0. The molecule has 0 atom stereocenters. The van der Waals surface area contributed by atoms with Gasteiger partial charge in [0.2, 0.25) is 0 Å². The van der Waals surface area contributed by atoms with Crippen LogP contribution < -0.4 is 4.74 Å². The van der Waals surface area contributed by atoms with Crippen LogP contribution >= 0.6 is 0 Å². The van der Waals surface area contributed by atoms with Gasteiger partial charge in [0.25, 0.3) is 0 Å². The van der Waals surface area contributed by atoms with E-state index in [2.05, 4.69) is 19.6 Å². The first kappa shape index (κ1) is 12.1. The van der Waals surface area contributed by atoms with E-state index >= 15 is 0 Å². The van der Waals surface area contributed by atoms with E-state index in [1.807, 2.05) is 6.07 Å². The second-order valence-corrected chi connectivity index (χ2v) is 10.6. The summed E-state index contributed by atoms with van der Waals surface area (Å²) >= 11 is 0. The van der Waals surface area contributed by atoms with Gasteiger partial charge in [-0.1, -0.05) is 31.8 Å². The summed E-state index contributed by atoms with van der Waals surface area (Å²) in [7, 11) is -0.936. The Kier molecular flexibility index (Phi) is 4.21. The van der Waals surface area contributed by atoms with E-state index in [9.17, 15) is 5.11 Å². The third-order valence-electron chi connectivity index (χ3n) is 2.16. The van der Waals surface area contributed by atoms with Crippen molar-refractivity contribution >= 4 is 8.07 Å². The molecule has 0 saturated carbocycles. The number of benzene rings is 1. The van der Waals surface area contributed by atoms with Crippen molar-refractivity contribution in [3.05, 3.63) is 24.3 Å². The van der Waals surface area contributed by atoms with Gasteiger partial charge in [-0.25, -0.2) is 0 Å². The predicted molar refractivity (Wildman–Crippen MR) is 66.4 cm³/mol. The molecule has 1 rings (SSSR count). The highest BCUT2D eigenvalue weighted by molar-refractivity contribution is 6.76. The van der Waals surface area contributed by atoms with Crippen molar-refractivity contribution in [3.63, 3.8) is 0 Å². The average molecular weight is 224 g/mol. The Morgan fingerprint density at radius 2 is 2.00 bits per heavy atom. The van der Waals surface area contributed by atoms with Crippen molar-refractivity contribution in [2.45, 2.75) is 32.1 Å². The molecule has 1 aromatic rings. The third kappa shape index (κ3) is 5.47. The number of hydrogen-bond donors (Lipinski definition) is 1. The van der Waals surface area contributed by atoms with Crippen LogP contribution in [0.25, 0.3) is 0 Å². The molecule has 3 heteroatoms. The topological polar surface area (TPSA) is 29.5 Å². The molecule has 0 heterocycles. The minimum atomic E-state index is -0.936. The number of aromatic hydroxyl groups is 1. The maximum atomic E-state index is 9.23. The molecule has 0 spiro atoms. The minimum absolute atomic E-state index is 0.262. The van der Waals surface area contributed by atoms with Crippen molar-refractivity contribution < 1.29 is 9.84 Å². The molecule has 0 unspecified atom stereocenters. The van der Waals surface area contributed by atoms with Crippen LogP contribution in [0.3, 0.4) is 0 Å². The first-order chi connectivity index (χ1) is 6.97. The molecule has 0 aliphatic carbocycles. The molecular formula is C12H20O2Si. The summed E-state index contributed by atoms with van der Waals surface area (Å²) in [5, 5.41) is 9.23. The summed E-state index contributed by atoms with van der Waals surface area (Å²) in [6.07, 6.45) is 1.10. The number of phenols is 1. The zero-order chi connectivity index (χ0) is 11.3. The molecule has 0 radical (unpaired) electrons. The van der Waals surface area contributed by atoms with E-state index in [-0.39, 0.29) is 5.75 Å². The second kappa shape index (κ2) is 5.21. The van der Waals surface area contributed by atoms with Crippen LogP contribution in [0.5, 0.6) is 11.5 Å². The second-order valence-electron chi connectivity index (χ2n) is 5.01. The highest BCUT2D eigenvalue weighted by Crippen LogP contribution is 2.18. The van der Waals surface area contributed by atoms with Crippen molar-refractivity contribution in [3.8, 4) is 11.5 Å². The standard InChI is InChI=1S/C12H20O2Si/c1-15(2,3)9-5-8-14-12-7-4-6-11(13)10-12/h4,6-7,10,13H,5,8-9H2,1-3H3. The van der Waals surface area contributed by atoms with Gasteiger partial charge in [-0.05, 0) is 18.6 Å². The molecule has 2 nitrogen and oxygen atoms in total. The smallest absolute Gasteiger partial charge is 0.122 e. The maximum absolute atomic E-state index is 9.23. The van der Waals surface area contributed by atoms with E-state index in [1.165, 1.54) is 6.04 Å². The molecule has 0 aliphatic rings. The van der Waals surface area contributed by atoms with Gasteiger partial charge in [0.15, 0.2) is 0 Å². The Hall–Kier alpha value is -0.963. The van der Waals surface area contributed by atoms with Crippen LogP contribution in [0.1, 0.15) is 6.42 Å². The fourth-order valence-corrected chi connectivity index (χ4v) is 2.57. The van der Waals surface area contributed by atoms with Crippen LogP contribution in [0.4, 0.5) is 0 Å². The van der Waals surface area contributed by atoms with Crippen molar-refractivity contribution in [1.29, 1.82) is 0 Å². The quantitative estimate of drug-likeness (QED) is 0.612. The summed E-state index contributed by atoms with van der Waals surface area (Å²) in [6.45, 7) is 7.83. The molecule has 1 aromatic carbocycles. The highest BCUT2D eigenvalue weighted by atomic mass is 28.3. The van der Waals surface area contributed by atoms with Crippen molar-refractivity contribution in [2.75, 3.05) is 6.61 Å². The number of ether oxygens (including phenoxy) is 1. The third-order valence-corrected chi connectivity index (χ3v) is 4.01. The molecule has 0 aromatic heterocycles. The molecule has 0 bridgehead atoms. The SMILES string of the molecule is C[Si](C)(C)CCCOc1cccc(O)c1. The molecule has 15 heavy (non-hydrogen) atoms. The Bertz CT molecular complexity index is 305. The Labute approximate surface area is 92.9 Å². The zero-order valence-corrected chi connectivity index (χ0v) is 10.8. The molecule has 0 fully saturated rings. The van der Waals surface area contributed by atoms with Gasteiger partial charge in [0, 0.05) is 14.1 Å². The maximum Gasteiger partial charge on any atom is 0.122 e. The van der Waals surface area contributed by atoms with Crippen molar-refractivity contribution in [1.82, 2.24) is 0 Å². The fraction of sp³-hybridized carbons (Fsp3) is 0.500. The number of rotatable bonds is 5. The molecule has 1 N–H and O–H groups in total. The van der Waals surface area contributed by atoms with Crippen molar-refractivity contribution in [2.24, 2.45) is 0 Å². The largest absolute Gasteiger partial charge is 0.508 e. The zero-order valence-electron chi connectivity index (χ0n) is 9.79. The summed E-state index contributed by atoms with van der Waals surface area (Å²) in [5.74, 6) is 1.02.